The number of hydrogen-bond acceptors (Lipinski definition) is 4. The van der Waals surface area contributed by atoms with Crippen molar-refractivity contribution in [3.05, 3.63) is 0 Å². The minimum atomic E-state index is -0.285. The summed E-state index contributed by atoms with van der Waals surface area (Å²) in [5.41, 5.74) is 5.18. The van der Waals surface area contributed by atoms with Gasteiger partial charge < -0.3 is 20.9 Å². The van der Waals surface area contributed by atoms with Gasteiger partial charge in [-0.15, -0.1) is 0 Å². The van der Waals surface area contributed by atoms with Crippen LogP contribution in [0.25, 0.3) is 0 Å². The largest absolute Gasteiger partial charge is 0.346 e. The Balaban J connectivity index is 2.27. The van der Waals surface area contributed by atoms with Gasteiger partial charge in [-0.25, -0.2) is 0 Å². The van der Waals surface area contributed by atoms with Crippen LogP contribution in [0.3, 0.4) is 0 Å². The molecule has 116 valence electrons. The Bertz CT molecular complexity index is 325. The van der Waals surface area contributed by atoms with Crippen molar-refractivity contribution in [1.82, 2.24) is 15.1 Å². The van der Waals surface area contributed by atoms with Gasteiger partial charge in [-0.2, -0.15) is 0 Å². The molecular weight excluding hydrogens is 256 g/mol. The lowest BCUT2D eigenvalue weighted by molar-refractivity contribution is -0.133. The number of hydrogen-bond donors (Lipinski definition) is 2. The van der Waals surface area contributed by atoms with Crippen LogP contribution < -0.4 is 11.1 Å². The first-order valence-electron chi connectivity index (χ1n) is 7.38. The molecule has 3 N–H and O–H groups in total. The fraction of sp³-hybridized carbons (Fsp3) is 0.857. The maximum atomic E-state index is 11.9. The first-order valence-corrected chi connectivity index (χ1v) is 7.38. The average Bonchev–Trinajstić information content (AvgIpc) is 2.44. The second-order valence-corrected chi connectivity index (χ2v) is 5.84. The number of amides is 2. The highest BCUT2D eigenvalue weighted by Gasteiger charge is 2.24. The number of nitrogens with zero attached hydrogens (tertiary/aromatic N) is 2. The van der Waals surface area contributed by atoms with E-state index in [1.807, 2.05) is 4.90 Å². The first-order chi connectivity index (χ1) is 9.43. The quantitative estimate of drug-likeness (QED) is 0.698. The van der Waals surface area contributed by atoms with Gasteiger partial charge in [-0.1, -0.05) is 0 Å². The van der Waals surface area contributed by atoms with E-state index in [4.69, 9.17) is 5.73 Å². The normalized spacial score (nSPS) is 16.8. The fourth-order valence-electron chi connectivity index (χ4n) is 2.34. The lowest BCUT2D eigenvalue weighted by Gasteiger charge is -2.35. The summed E-state index contributed by atoms with van der Waals surface area (Å²) in [6, 6.07) is 0.557. The minimum Gasteiger partial charge on any atom is -0.346 e. The van der Waals surface area contributed by atoms with E-state index >= 15 is 0 Å². The van der Waals surface area contributed by atoms with Crippen molar-refractivity contribution in [1.29, 1.82) is 0 Å². The number of nitrogens with one attached hydrogen (secondary N) is 1. The summed E-state index contributed by atoms with van der Waals surface area (Å²) in [4.78, 5) is 27.1. The second-order valence-electron chi connectivity index (χ2n) is 5.84. The van der Waals surface area contributed by atoms with Gasteiger partial charge in [0, 0.05) is 25.7 Å². The molecule has 20 heavy (non-hydrogen) atoms. The lowest BCUT2D eigenvalue weighted by atomic mass is 9.96. The Morgan fingerprint density at radius 3 is 2.45 bits per heavy atom. The van der Waals surface area contributed by atoms with Gasteiger partial charge in [0.1, 0.15) is 0 Å². The molecule has 6 heteroatoms. The molecule has 0 unspecified atom stereocenters. The molecule has 1 heterocycles. The van der Waals surface area contributed by atoms with Gasteiger partial charge in [-0.05, 0) is 39.7 Å². The molecule has 0 radical (unpaired) electrons. The molecule has 6 nitrogen and oxygen atoms in total. The molecule has 0 spiro atoms. The molecular formula is C14H28N4O2. The van der Waals surface area contributed by atoms with Crippen LogP contribution in [0.1, 0.15) is 26.7 Å². The molecule has 0 saturated carbocycles. The topological polar surface area (TPSA) is 78.7 Å². The van der Waals surface area contributed by atoms with Crippen LogP contribution >= 0.6 is 0 Å². The summed E-state index contributed by atoms with van der Waals surface area (Å²) >= 11 is 0. The number of carbonyl (C=O) groups is 2. The zero-order chi connectivity index (χ0) is 15.1. The van der Waals surface area contributed by atoms with Crippen molar-refractivity contribution in [2.24, 2.45) is 11.7 Å². The highest BCUT2D eigenvalue weighted by atomic mass is 16.2. The number of nitrogens with two attached hydrogens (primary N) is 1. The standard InChI is InChI=1S/C14H28N4O2/c1-11(2)17(3)10-12-4-6-18(7-5-12)14(20)9-16-13(19)8-15/h11-12H,4-10,15H2,1-3H3,(H,16,19). The van der Waals surface area contributed by atoms with Crippen LogP contribution in [-0.2, 0) is 9.59 Å². The highest BCUT2D eigenvalue weighted by Crippen LogP contribution is 2.18. The van der Waals surface area contributed by atoms with Crippen molar-refractivity contribution in [3.8, 4) is 0 Å². The molecule has 1 aliphatic heterocycles. The molecule has 1 saturated heterocycles. The Kier molecular flexibility index (Phi) is 6.95. The van der Waals surface area contributed by atoms with Crippen molar-refractivity contribution >= 4 is 11.8 Å². The summed E-state index contributed by atoms with van der Waals surface area (Å²) in [6.07, 6.45) is 2.07. The third kappa shape index (κ3) is 5.46. The molecule has 1 fully saturated rings. The minimum absolute atomic E-state index is 0.0116. The average molecular weight is 284 g/mol. The summed E-state index contributed by atoms with van der Waals surface area (Å²) in [5, 5.41) is 2.52. The van der Waals surface area contributed by atoms with Gasteiger partial charge in [0.15, 0.2) is 0 Å². The molecule has 0 atom stereocenters. The van der Waals surface area contributed by atoms with E-state index in [0.29, 0.717) is 12.0 Å². The van der Waals surface area contributed by atoms with Crippen LogP contribution in [0.5, 0.6) is 0 Å². The predicted molar refractivity (Wildman–Crippen MR) is 79.1 cm³/mol. The van der Waals surface area contributed by atoms with Crippen molar-refractivity contribution in [2.45, 2.75) is 32.7 Å². The maximum absolute atomic E-state index is 11.9. The Hall–Kier alpha value is -1.14. The van der Waals surface area contributed by atoms with Gasteiger partial charge >= 0.3 is 0 Å². The Labute approximate surface area is 121 Å². The van der Waals surface area contributed by atoms with Crippen LogP contribution in [0, 0.1) is 5.92 Å². The lowest BCUT2D eigenvalue weighted by Crippen LogP contribution is -2.46. The molecule has 0 aliphatic carbocycles. The summed E-state index contributed by atoms with van der Waals surface area (Å²) in [5.74, 6) is 0.361. The van der Waals surface area contributed by atoms with Crippen molar-refractivity contribution in [2.75, 3.05) is 39.8 Å². The predicted octanol–water partition coefficient (Wildman–Crippen LogP) is -0.360. The van der Waals surface area contributed by atoms with E-state index < -0.39 is 0 Å². The molecule has 0 bridgehead atoms. The SMILES string of the molecule is CC(C)N(C)CC1CCN(C(=O)CNC(=O)CN)CC1. The van der Waals surface area contributed by atoms with E-state index in [9.17, 15) is 9.59 Å². The molecule has 0 aromatic rings. The van der Waals surface area contributed by atoms with Crippen LogP contribution in [0.4, 0.5) is 0 Å². The molecule has 2 amide bonds. The van der Waals surface area contributed by atoms with Crippen LogP contribution in [0.15, 0.2) is 0 Å². The van der Waals surface area contributed by atoms with Gasteiger partial charge in [0.05, 0.1) is 13.1 Å². The number of likely N-dealkylation sites (tertiary alicyclic amines) is 1. The second kappa shape index (κ2) is 8.21. The smallest absolute Gasteiger partial charge is 0.241 e. The van der Waals surface area contributed by atoms with Crippen molar-refractivity contribution < 1.29 is 9.59 Å². The van der Waals surface area contributed by atoms with Gasteiger partial charge in [0.2, 0.25) is 11.8 Å². The van der Waals surface area contributed by atoms with E-state index in [-0.39, 0.29) is 24.9 Å². The molecule has 0 aromatic heterocycles. The fourth-order valence-corrected chi connectivity index (χ4v) is 2.34. The Morgan fingerprint density at radius 2 is 1.95 bits per heavy atom. The summed E-state index contributed by atoms with van der Waals surface area (Å²) in [7, 11) is 2.14. The van der Waals surface area contributed by atoms with Gasteiger partial charge in [0.25, 0.3) is 0 Å². The molecule has 1 rings (SSSR count). The van der Waals surface area contributed by atoms with E-state index in [0.717, 1.165) is 32.5 Å². The zero-order valence-corrected chi connectivity index (χ0v) is 12.9. The zero-order valence-electron chi connectivity index (χ0n) is 12.9. The number of rotatable bonds is 6. The molecule has 1 aliphatic rings. The Morgan fingerprint density at radius 1 is 1.35 bits per heavy atom. The first kappa shape index (κ1) is 16.9. The monoisotopic (exact) mass is 284 g/mol. The van der Waals surface area contributed by atoms with Crippen molar-refractivity contribution in [3.63, 3.8) is 0 Å². The summed E-state index contributed by atoms with van der Waals surface area (Å²) in [6.45, 7) is 7.03. The van der Waals surface area contributed by atoms with Crippen LogP contribution in [-0.4, -0.2) is 67.4 Å². The third-order valence-electron chi connectivity index (χ3n) is 4.02. The number of carbonyl (C=O) groups excluding carboxylic acids is 2. The third-order valence-corrected chi connectivity index (χ3v) is 4.02. The van der Waals surface area contributed by atoms with E-state index in [2.05, 4.69) is 31.1 Å². The molecule has 0 aromatic carbocycles. The summed E-state index contributed by atoms with van der Waals surface area (Å²) < 4.78 is 0. The highest BCUT2D eigenvalue weighted by molar-refractivity contribution is 5.85. The maximum Gasteiger partial charge on any atom is 0.241 e. The van der Waals surface area contributed by atoms with E-state index in [1.54, 1.807) is 0 Å². The van der Waals surface area contributed by atoms with Crippen LogP contribution in [0.2, 0.25) is 0 Å². The van der Waals surface area contributed by atoms with Gasteiger partial charge in [-0.3, -0.25) is 9.59 Å². The van der Waals surface area contributed by atoms with E-state index in [1.165, 1.54) is 0 Å². The number of piperidine rings is 1.